The van der Waals surface area contributed by atoms with Gasteiger partial charge < -0.3 is 11.1 Å². The largest absolute Gasteiger partial charge is 0.398 e. The van der Waals surface area contributed by atoms with E-state index in [1.54, 1.807) is 36.4 Å². The summed E-state index contributed by atoms with van der Waals surface area (Å²) in [5.41, 5.74) is 9.16. The molecular formula is C20H14N2O2. The maximum atomic E-state index is 13.0. The normalized spacial score (nSPS) is 12.5. The molecule has 0 aromatic heterocycles. The fourth-order valence-corrected chi connectivity index (χ4v) is 3.05. The minimum absolute atomic E-state index is 0.177. The van der Waals surface area contributed by atoms with Gasteiger partial charge in [-0.25, -0.2) is 0 Å². The van der Waals surface area contributed by atoms with Crippen LogP contribution in [0.2, 0.25) is 0 Å². The zero-order chi connectivity index (χ0) is 16.7. The number of hydrogen-bond acceptors (Lipinski definition) is 4. The lowest BCUT2D eigenvalue weighted by Crippen LogP contribution is -2.23. The Bertz CT molecular complexity index is 978. The van der Waals surface area contributed by atoms with Crippen LogP contribution in [-0.2, 0) is 0 Å². The zero-order valence-corrected chi connectivity index (χ0v) is 12.7. The van der Waals surface area contributed by atoms with Gasteiger partial charge in [-0.05, 0) is 24.3 Å². The summed E-state index contributed by atoms with van der Waals surface area (Å²) in [6.45, 7) is 0. The third-order valence-electron chi connectivity index (χ3n) is 4.16. The molecule has 116 valence electrons. The van der Waals surface area contributed by atoms with Gasteiger partial charge in [0, 0.05) is 22.5 Å². The number of nitrogens with one attached hydrogen (secondary N) is 1. The fourth-order valence-electron chi connectivity index (χ4n) is 3.05. The third kappa shape index (κ3) is 2.08. The van der Waals surface area contributed by atoms with Crippen molar-refractivity contribution >= 4 is 28.6 Å². The number of carbonyl (C=O) groups is 2. The average Bonchev–Trinajstić information content (AvgIpc) is 2.60. The van der Waals surface area contributed by atoms with Crippen molar-refractivity contribution in [1.82, 2.24) is 0 Å². The molecule has 0 fully saturated rings. The van der Waals surface area contributed by atoms with E-state index in [1.165, 1.54) is 0 Å². The Morgan fingerprint density at radius 2 is 1.33 bits per heavy atom. The van der Waals surface area contributed by atoms with Crippen LogP contribution in [0.3, 0.4) is 0 Å². The molecular weight excluding hydrogens is 300 g/mol. The Hall–Kier alpha value is -3.40. The molecule has 0 saturated carbocycles. The van der Waals surface area contributed by atoms with Crippen LogP contribution in [0.5, 0.6) is 0 Å². The summed E-state index contributed by atoms with van der Waals surface area (Å²) in [5.74, 6) is -0.402. The minimum atomic E-state index is -0.225. The highest BCUT2D eigenvalue weighted by molar-refractivity contribution is 6.31. The quantitative estimate of drug-likeness (QED) is 0.552. The molecule has 4 rings (SSSR count). The summed E-state index contributed by atoms with van der Waals surface area (Å²) in [6, 6.07) is 19.7. The lowest BCUT2D eigenvalue weighted by Gasteiger charge is -2.21. The molecule has 0 radical (unpaired) electrons. The van der Waals surface area contributed by atoms with Gasteiger partial charge in [0.05, 0.1) is 16.8 Å². The number of carbonyl (C=O) groups excluding carboxylic acids is 2. The van der Waals surface area contributed by atoms with Crippen molar-refractivity contribution in [2.75, 3.05) is 11.1 Å². The average molecular weight is 314 g/mol. The third-order valence-corrected chi connectivity index (χ3v) is 4.16. The molecule has 4 nitrogen and oxygen atoms in total. The van der Waals surface area contributed by atoms with Crippen molar-refractivity contribution in [3.05, 3.63) is 89.0 Å². The number of benzene rings is 3. The first kappa shape index (κ1) is 14.2. The molecule has 3 aromatic carbocycles. The summed E-state index contributed by atoms with van der Waals surface area (Å²) in [4.78, 5) is 25.8. The molecule has 0 saturated heterocycles. The van der Waals surface area contributed by atoms with Gasteiger partial charge in [-0.3, -0.25) is 9.59 Å². The SMILES string of the molecule is Nc1cccc2c1C(=O)c1c(Nc3ccccc3)cccc1C2=O. The summed E-state index contributed by atoms with van der Waals surface area (Å²) in [7, 11) is 0. The predicted octanol–water partition coefficient (Wildman–Crippen LogP) is 3.79. The minimum Gasteiger partial charge on any atom is -0.398 e. The Balaban J connectivity index is 1.89. The number of nitrogens with two attached hydrogens (primary N) is 1. The maximum absolute atomic E-state index is 13.0. The fraction of sp³-hybridized carbons (Fsp3) is 0. The molecule has 3 N–H and O–H groups in total. The van der Waals surface area contributed by atoms with Gasteiger partial charge in [0.2, 0.25) is 0 Å². The Morgan fingerprint density at radius 3 is 2.08 bits per heavy atom. The van der Waals surface area contributed by atoms with Gasteiger partial charge in [-0.15, -0.1) is 0 Å². The van der Waals surface area contributed by atoms with E-state index < -0.39 is 0 Å². The summed E-state index contributed by atoms with van der Waals surface area (Å²) < 4.78 is 0. The van der Waals surface area contributed by atoms with E-state index in [4.69, 9.17) is 5.73 Å². The first-order valence-corrected chi connectivity index (χ1v) is 7.60. The number of fused-ring (bicyclic) bond motifs is 2. The van der Waals surface area contributed by atoms with Crippen molar-refractivity contribution < 1.29 is 9.59 Å². The predicted molar refractivity (Wildman–Crippen MR) is 93.9 cm³/mol. The molecule has 0 heterocycles. The standard InChI is InChI=1S/C20H14N2O2/c21-15-10-4-8-13-17(15)20(24)18-14(19(13)23)9-5-11-16(18)22-12-6-2-1-3-7-12/h1-11,22H,21H2. The van der Waals surface area contributed by atoms with Gasteiger partial charge in [0.25, 0.3) is 0 Å². The van der Waals surface area contributed by atoms with E-state index >= 15 is 0 Å². The van der Waals surface area contributed by atoms with Crippen molar-refractivity contribution in [1.29, 1.82) is 0 Å². The van der Waals surface area contributed by atoms with Crippen LogP contribution in [0.15, 0.2) is 66.7 Å². The molecule has 0 aliphatic heterocycles. The van der Waals surface area contributed by atoms with E-state index in [0.717, 1.165) is 5.69 Å². The highest BCUT2D eigenvalue weighted by atomic mass is 16.1. The van der Waals surface area contributed by atoms with Crippen molar-refractivity contribution in [2.24, 2.45) is 0 Å². The molecule has 0 bridgehead atoms. The van der Waals surface area contributed by atoms with Gasteiger partial charge in [0.15, 0.2) is 11.6 Å². The van der Waals surface area contributed by atoms with Crippen LogP contribution < -0.4 is 11.1 Å². The van der Waals surface area contributed by atoms with Crippen LogP contribution in [0, 0.1) is 0 Å². The molecule has 1 aliphatic carbocycles. The first-order chi connectivity index (χ1) is 11.7. The second kappa shape index (κ2) is 5.35. The van der Waals surface area contributed by atoms with Crippen LogP contribution in [0.1, 0.15) is 31.8 Å². The van der Waals surface area contributed by atoms with E-state index in [-0.39, 0.29) is 17.1 Å². The summed E-state index contributed by atoms with van der Waals surface area (Å²) >= 11 is 0. The number of hydrogen-bond donors (Lipinski definition) is 2. The van der Waals surface area contributed by atoms with Crippen LogP contribution in [0.4, 0.5) is 17.1 Å². The van der Waals surface area contributed by atoms with Gasteiger partial charge in [-0.1, -0.05) is 42.5 Å². The number of nitrogen functional groups attached to an aromatic ring is 1. The second-order valence-corrected chi connectivity index (χ2v) is 5.65. The Kier molecular flexibility index (Phi) is 3.17. The summed E-state index contributed by atoms with van der Waals surface area (Å²) in [6.07, 6.45) is 0. The Labute approximate surface area is 138 Å². The highest BCUT2D eigenvalue weighted by Crippen LogP contribution is 2.35. The van der Waals surface area contributed by atoms with E-state index in [1.807, 2.05) is 30.3 Å². The van der Waals surface area contributed by atoms with Gasteiger partial charge in [0.1, 0.15) is 0 Å². The Morgan fingerprint density at radius 1 is 0.667 bits per heavy atom. The first-order valence-electron chi connectivity index (χ1n) is 7.60. The van der Waals surface area contributed by atoms with Crippen molar-refractivity contribution in [3.63, 3.8) is 0 Å². The molecule has 0 spiro atoms. The summed E-state index contributed by atoms with van der Waals surface area (Å²) in [5, 5.41) is 3.22. The zero-order valence-electron chi connectivity index (χ0n) is 12.7. The van der Waals surface area contributed by atoms with Crippen LogP contribution >= 0.6 is 0 Å². The molecule has 24 heavy (non-hydrogen) atoms. The second-order valence-electron chi connectivity index (χ2n) is 5.65. The van der Waals surface area contributed by atoms with Crippen LogP contribution in [-0.4, -0.2) is 11.6 Å². The lowest BCUT2D eigenvalue weighted by molar-refractivity contribution is 0.0980. The maximum Gasteiger partial charge on any atom is 0.198 e. The smallest absolute Gasteiger partial charge is 0.198 e. The molecule has 0 amide bonds. The van der Waals surface area contributed by atoms with Crippen molar-refractivity contribution in [2.45, 2.75) is 0 Å². The van der Waals surface area contributed by atoms with Crippen molar-refractivity contribution in [3.8, 4) is 0 Å². The van der Waals surface area contributed by atoms with E-state index in [0.29, 0.717) is 28.1 Å². The molecule has 1 aliphatic rings. The molecule has 0 atom stereocenters. The van der Waals surface area contributed by atoms with Gasteiger partial charge in [-0.2, -0.15) is 0 Å². The molecule has 3 aromatic rings. The number of rotatable bonds is 2. The van der Waals surface area contributed by atoms with Crippen LogP contribution in [0.25, 0.3) is 0 Å². The topological polar surface area (TPSA) is 72.2 Å². The number of anilines is 3. The van der Waals surface area contributed by atoms with E-state index in [2.05, 4.69) is 5.32 Å². The number of para-hydroxylation sites is 1. The monoisotopic (exact) mass is 314 g/mol. The lowest BCUT2D eigenvalue weighted by atomic mass is 9.82. The molecule has 0 unspecified atom stereocenters. The molecule has 4 heteroatoms. The van der Waals surface area contributed by atoms with E-state index in [9.17, 15) is 9.59 Å². The number of ketones is 2. The van der Waals surface area contributed by atoms with Gasteiger partial charge >= 0.3 is 0 Å². The highest BCUT2D eigenvalue weighted by Gasteiger charge is 2.32.